The van der Waals surface area contributed by atoms with Gasteiger partial charge in [-0.15, -0.1) is 0 Å². The van der Waals surface area contributed by atoms with E-state index >= 15 is 0 Å². The number of halogens is 1. The number of nitrogens with zero attached hydrogens (tertiary/aromatic N) is 2. The standard InChI is InChI=1S/C13H13BrN2O4/c1-20-9-2-3-10(14)8(6-9)7-16-12(17)5-4-11(15-16)13(18)19/h2-3,6H,4-5,7H2,1H3,(H,18,19). The molecule has 0 spiro atoms. The number of benzene rings is 1. The number of carboxylic acids is 1. The lowest BCUT2D eigenvalue weighted by Crippen LogP contribution is -2.33. The Bertz CT molecular complexity index is 586. The van der Waals surface area contributed by atoms with E-state index in [1.165, 1.54) is 5.01 Å². The summed E-state index contributed by atoms with van der Waals surface area (Å²) in [6.45, 7) is 0.202. The molecule has 6 nitrogen and oxygen atoms in total. The highest BCUT2D eigenvalue weighted by molar-refractivity contribution is 9.10. The molecule has 0 aliphatic carbocycles. The molecule has 7 heteroatoms. The molecule has 0 aromatic heterocycles. The van der Waals surface area contributed by atoms with Crippen LogP contribution in [0.2, 0.25) is 0 Å². The molecule has 20 heavy (non-hydrogen) atoms. The van der Waals surface area contributed by atoms with Crippen molar-refractivity contribution in [1.29, 1.82) is 0 Å². The summed E-state index contributed by atoms with van der Waals surface area (Å²) in [4.78, 5) is 22.7. The first-order chi connectivity index (χ1) is 9.51. The van der Waals surface area contributed by atoms with Crippen LogP contribution in [0.25, 0.3) is 0 Å². The minimum absolute atomic E-state index is 0.00335. The van der Waals surface area contributed by atoms with Gasteiger partial charge in [0.1, 0.15) is 11.5 Å². The Hall–Kier alpha value is -1.89. The molecule has 1 N–H and O–H groups in total. The van der Waals surface area contributed by atoms with E-state index < -0.39 is 5.97 Å². The zero-order chi connectivity index (χ0) is 14.7. The SMILES string of the molecule is COc1ccc(Br)c(CN2N=C(C(=O)O)CCC2=O)c1. The monoisotopic (exact) mass is 340 g/mol. The molecule has 0 unspecified atom stereocenters. The van der Waals surface area contributed by atoms with Crippen molar-refractivity contribution in [3.63, 3.8) is 0 Å². The number of ether oxygens (including phenoxy) is 1. The number of carbonyl (C=O) groups is 2. The number of hydrazone groups is 1. The van der Waals surface area contributed by atoms with Crippen LogP contribution in [-0.2, 0) is 16.1 Å². The molecule has 1 amide bonds. The number of carbonyl (C=O) groups excluding carboxylic acids is 1. The summed E-state index contributed by atoms with van der Waals surface area (Å²) < 4.78 is 5.94. The maximum Gasteiger partial charge on any atom is 0.352 e. The first-order valence-corrected chi connectivity index (χ1v) is 6.74. The van der Waals surface area contributed by atoms with Crippen molar-refractivity contribution in [1.82, 2.24) is 5.01 Å². The average Bonchev–Trinajstić information content (AvgIpc) is 2.43. The summed E-state index contributed by atoms with van der Waals surface area (Å²) in [5.41, 5.74) is 0.803. The quantitative estimate of drug-likeness (QED) is 0.909. The Labute approximate surface area is 124 Å². The van der Waals surface area contributed by atoms with Gasteiger partial charge < -0.3 is 9.84 Å². The summed E-state index contributed by atoms with van der Waals surface area (Å²) in [5.74, 6) is -0.618. The normalized spacial score (nSPS) is 15.0. The van der Waals surface area contributed by atoms with Crippen LogP contribution in [-0.4, -0.2) is 34.8 Å². The van der Waals surface area contributed by atoms with Crippen molar-refractivity contribution in [3.05, 3.63) is 28.2 Å². The smallest absolute Gasteiger partial charge is 0.352 e. The van der Waals surface area contributed by atoms with Crippen LogP contribution in [0, 0.1) is 0 Å². The van der Waals surface area contributed by atoms with Crippen LogP contribution in [0.15, 0.2) is 27.8 Å². The van der Waals surface area contributed by atoms with Crippen molar-refractivity contribution in [2.75, 3.05) is 7.11 Å². The fourth-order valence-corrected chi connectivity index (χ4v) is 2.21. The molecular formula is C13H13BrN2O4. The molecule has 1 heterocycles. The lowest BCUT2D eigenvalue weighted by molar-refractivity contribution is -0.133. The Morgan fingerprint density at radius 1 is 1.50 bits per heavy atom. The van der Waals surface area contributed by atoms with Crippen LogP contribution in [0.4, 0.5) is 0 Å². The van der Waals surface area contributed by atoms with Crippen LogP contribution in [0.3, 0.4) is 0 Å². The number of amides is 1. The maximum absolute atomic E-state index is 11.8. The predicted molar refractivity (Wildman–Crippen MR) is 75.5 cm³/mol. The van der Waals surface area contributed by atoms with Gasteiger partial charge in [0.25, 0.3) is 0 Å². The summed E-state index contributed by atoms with van der Waals surface area (Å²) in [6.07, 6.45) is 0.330. The topological polar surface area (TPSA) is 79.2 Å². The first-order valence-electron chi connectivity index (χ1n) is 5.95. The van der Waals surface area contributed by atoms with Gasteiger partial charge in [0.2, 0.25) is 5.91 Å². The minimum atomic E-state index is -1.09. The van der Waals surface area contributed by atoms with Gasteiger partial charge in [-0.25, -0.2) is 9.80 Å². The van der Waals surface area contributed by atoms with Gasteiger partial charge in [-0.2, -0.15) is 5.10 Å². The second-order valence-electron chi connectivity index (χ2n) is 4.26. The van der Waals surface area contributed by atoms with Crippen molar-refractivity contribution >= 4 is 33.5 Å². The Morgan fingerprint density at radius 3 is 2.90 bits per heavy atom. The summed E-state index contributed by atoms with van der Waals surface area (Å²) in [6, 6.07) is 5.38. The van der Waals surface area contributed by atoms with Crippen molar-refractivity contribution in [2.45, 2.75) is 19.4 Å². The zero-order valence-corrected chi connectivity index (χ0v) is 12.4. The van der Waals surface area contributed by atoms with Gasteiger partial charge in [0.15, 0.2) is 0 Å². The fraction of sp³-hybridized carbons (Fsp3) is 0.308. The Balaban J connectivity index is 2.26. The second kappa shape index (κ2) is 6.04. The van der Waals surface area contributed by atoms with Gasteiger partial charge >= 0.3 is 5.97 Å². The molecule has 0 atom stereocenters. The number of aliphatic carboxylic acids is 1. The largest absolute Gasteiger partial charge is 0.497 e. The molecule has 1 aliphatic rings. The van der Waals surface area contributed by atoms with Crippen molar-refractivity contribution in [2.24, 2.45) is 5.10 Å². The van der Waals surface area contributed by atoms with Gasteiger partial charge in [0.05, 0.1) is 13.7 Å². The summed E-state index contributed by atoms with van der Waals surface area (Å²) >= 11 is 3.39. The number of rotatable bonds is 4. The van der Waals surface area contributed by atoms with E-state index in [1.54, 1.807) is 19.2 Å². The Morgan fingerprint density at radius 2 is 2.25 bits per heavy atom. The van der Waals surface area contributed by atoms with Gasteiger partial charge in [-0.3, -0.25) is 4.79 Å². The lowest BCUT2D eigenvalue weighted by Gasteiger charge is -2.22. The molecule has 0 saturated heterocycles. The zero-order valence-electron chi connectivity index (χ0n) is 10.8. The second-order valence-corrected chi connectivity index (χ2v) is 5.11. The van der Waals surface area contributed by atoms with E-state index in [4.69, 9.17) is 9.84 Å². The molecule has 0 saturated carbocycles. The molecule has 0 fully saturated rings. The molecule has 1 aromatic carbocycles. The molecule has 1 aliphatic heterocycles. The van der Waals surface area contributed by atoms with E-state index in [0.717, 1.165) is 10.0 Å². The third-order valence-corrected chi connectivity index (χ3v) is 3.70. The maximum atomic E-state index is 11.8. The fourth-order valence-electron chi connectivity index (χ4n) is 1.84. The van der Waals surface area contributed by atoms with Gasteiger partial charge in [-0.1, -0.05) is 15.9 Å². The van der Waals surface area contributed by atoms with Gasteiger partial charge in [0, 0.05) is 17.3 Å². The van der Waals surface area contributed by atoms with Crippen LogP contribution >= 0.6 is 15.9 Å². The predicted octanol–water partition coefficient (Wildman–Crippen LogP) is 2.02. The van der Waals surface area contributed by atoms with Crippen LogP contribution < -0.4 is 4.74 Å². The van der Waals surface area contributed by atoms with E-state index in [-0.39, 0.29) is 31.0 Å². The molecule has 106 valence electrons. The average molecular weight is 341 g/mol. The highest BCUT2D eigenvalue weighted by atomic mass is 79.9. The first kappa shape index (κ1) is 14.5. The summed E-state index contributed by atoms with van der Waals surface area (Å²) in [5, 5.41) is 14.0. The highest BCUT2D eigenvalue weighted by Gasteiger charge is 2.24. The summed E-state index contributed by atoms with van der Waals surface area (Å²) in [7, 11) is 1.56. The van der Waals surface area contributed by atoms with E-state index in [1.807, 2.05) is 6.07 Å². The van der Waals surface area contributed by atoms with E-state index in [2.05, 4.69) is 21.0 Å². The number of carboxylic acid groups (broad SMARTS) is 1. The Kier molecular flexibility index (Phi) is 4.39. The minimum Gasteiger partial charge on any atom is -0.497 e. The molecule has 2 rings (SSSR count). The molecule has 0 radical (unpaired) electrons. The number of methoxy groups -OCH3 is 1. The van der Waals surface area contributed by atoms with Crippen molar-refractivity contribution in [3.8, 4) is 5.75 Å². The van der Waals surface area contributed by atoms with Crippen LogP contribution in [0.5, 0.6) is 5.75 Å². The van der Waals surface area contributed by atoms with Gasteiger partial charge in [-0.05, 0) is 23.8 Å². The highest BCUT2D eigenvalue weighted by Crippen LogP contribution is 2.25. The third-order valence-electron chi connectivity index (χ3n) is 2.92. The van der Waals surface area contributed by atoms with E-state index in [9.17, 15) is 9.59 Å². The lowest BCUT2D eigenvalue weighted by atomic mass is 10.1. The van der Waals surface area contributed by atoms with E-state index in [0.29, 0.717) is 5.75 Å². The molecule has 1 aromatic rings. The number of hydrogen-bond acceptors (Lipinski definition) is 4. The van der Waals surface area contributed by atoms with Crippen molar-refractivity contribution < 1.29 is 19.4 Å². The number of hydrogen-bond donors (Lipinski definition) is 1. The third kappa shape index (κ3) is 3.16. The molecular weight excluding hydrogens is 328 g/mol. The molecule has 0 bridgehead atoms. The van der Waals surface area contributed by atoms with Crippen LogP contribution in [0.1, 0.15) is 18.4 Å².